The van der Waals surface area contributed by atoms with E-state index in [-0.39, 0.29) is 48.5 Å². The molecule has 2 saturated carbocycles. The van der Waals surface area contributed by atoms with E-state index < -0.39 is 28.6 Å². The molecule has 1 saturated heterocycles. The van der Waals surface area contributed by atoms with Crippen LogP contribution in [0, 0.1) is 17.8 Å². The van der Waals surface area contributed by atoms with Crippen LogP contribution in [0.2, 0.25) is 0 Å². The normalized spacial score (nSPS) is 45.7. The lowest BCUT2D eigenvalue weighted by molar-refractivity contribution is -0.140. The van der Waals surface area contributed by atoms with Crippen molar-refractivity contribution in [3.63, 3.8) is 0 Å². The SMILES string of the molecule is COC1CC(OC)C2C(=O)[C@@]3(OC2C1Cl)C1=C(C[C@](O)(C2CCCCC2)CCN1)C(=O)C[C@H]3C. The number of ether oxygens (including phenoxy) is 3. The van der Waals surface area contributed by atoms with E-state index >= 15 is 0 Å². The fraction of sp³-hybridized carbons (Fsp3) is 0.846. The molecule has 0 aromatic heterocycles. The summed E-state index contributed by atoms with van der Waals surface area (Å²) in [6.45, 7) is 2.41. The first-order valence-corrected chi connectivity index (χ1v) is 13.3. The third-order valence-electron chi connectivity index (χ3n) is 9.39. The number of hydrogen-bond acceptors (Lipinski definition) is 7. The highest BCUT2D eigenvalue weighted by Gasteiger charge is 2.67. The molecule has 2 N–H and O–H groups in total. The van der Waals surface area contributed by atoms with E-state index in [2.05, 4.69) is 5.32 Å². The minimum absolute atomic E-state index is 0.00325. The zero-order chi connectivity index (χ0) is 24.3. The Balaban J connectivity index is 1.56. The monoisotopic (exact) mass is 495 g/mol. The average molecular weight is 496 g/mol. The van der Waals surface area contributed by atoms with Crippen molar-refractivity contribution in [2.45, 2.75) is 99.6 Å². The van der Waals surface area contributed by atoms with Crippen LogP contribution in [0.1, 0.15) is 64.7 Å². The van der Waals surface area contributed by atoms with E-state index in [1.165, 1.54) is 6.42 Å². The molecule has 8 atom stereocenters. The molecule has 5 aliphatic rings. The molecule has 7 nitrogen and oxygen atoms in total. The largest absolute Gasteiger partial charge is 0.389 e. The van der Waals surface area contributed by atoms with Crippen LogP contribution in [0.15, 0.2) is 11.3 Å². The molecule has 0 aromatic carbocycles. The number of fused-ring (bicyclic) bond motifs is 2. The number of methoxy groups -OCH3 is 2. The Morgan fingerprint density at radius 3 is 2.50 bits per heavy atom. The molecule has 5 rings (SSSR count). The van der Waals surface area contributed by atoms with Gasteiger partial charge in [-0.1, -0.05) is 26.2 Å². The standard InChI is InChI=1S/C26H38ClNO6/c1-14-11-17(29)16-13-25(31,15-7-5-4-6-8-15)9-10-28-23(16)26(14)24(30)20-18(32-2)12-19(33-3)21(27)22(20)34-26/h14-15,18-22,28,31H,4-13H2,1-3H3/t14-,18?,19?,20?,21?,22?,25+,26+/m1/s1. The molecule has 190 valence electrons. The van der Waals surface area contributed by atoms with Gasteiger partial charge in [-0.3, -0.25) is 9.59 Å². The van der Waals surface area contributed by atoms with Gasteiger partial charge in [0.2, 0.25) is 0 Å². The molecule has 2 heterocycles. The van der Waals surface area contributed by atoms with Gasteiger partial charge in [-0.05, 0) is 25.2 Å². The quantitative estimate of drug-likeness (QED) is 0.581. The van der Waals surface area contributed by atoms with Crippen molar-refractivity contribution in [3.8, 4) is 0 Å². The second-order valence-electron chi connectivity index (χ2n) is 11.1. The van der Waals surface area contributed by atoms with Crippen LogP contribution < -0.4 is 5.32 Å². The highest BCUT2D eigenvalue weighted by molar-refractivity contribution is 6.22. The number of ketones is 2. The Hall–Kier alpha value is -0.990. The molecule has 3 aliphatic carbocycles. The van der Waals surface area contributed by atoms with Crippen molar-refractivity contribution >= 4 is 23.2 Å². The van der Waals surface area contributed by atoms with E-state index in [4.69, 9.17) is 25.8 Å². The van der Waals surface area contributed by atoms with Crippen LogP contribution in [-0.4, -0.2) is 72.3 Å². The molecule has 0 radical (unpaired) electrons. The summed E-state index contributed by atoms with van der Waals surface area (Å²) >= 11 is 6.80. The average Bonchev–Trinajstić information content (AvgIpc) is 3.02. The van der Waals surface area contributed by atoms with Crippen LogP contribution in [0.25, 0.3) is 0 Å². The van der Waals surface area contributed by atoms with Gasteiger partial charge in [0.05, 0.1) is 40.9 Å². The lowest BCUT2D eigenvalue weighted by atomic mass is 9.66. The van der Waals surface area contributed by atoms with Gasteiger partial charge < -0.3 is 24.6 Å². The minimum Gasteiger partial charge on any atom is -0.389 e. The number of Topliss-reactive ketones (excluding diaryl/α,β-unsaturated/α-hetero) is 2. The number of hydrogen-bond donors (Lipinski definition) is 2. The lowest BCUT2D eigenvalue weighted by Crippen LogP contribution is -2.54. The molecule has 2 aliphatic heterocycles. The fourth-order valence-corrected chi connectivity index (χ4v) is 7.89. The maximum Gasteiger partial charge on any atom is 0.179 e. The van der Waals surface area contributed by atoms with Gasteiger partial charge >= 0.3 is 0 Å². The molecule has 8 heteroatoms. The molecule has 5 unspecified atom stereocenters. The second kappa shape index (κ2) is 9.15. The maximum atomic E-state index is 14.2. The zero-order valence-corrected chi connectivity index (χ0v) is 21.2. The van der Waals surface area contributed by atoms with Gasteiger partial charge in [0, 0.05) is 51.5 Å². The Morgan fingerprint density at radius 2 is 1.82 bits per heavy atom. The van der Waals surface area contributed by atoms with Crippen molar-refractivity contribution in [1.82, 2.24) is 5.32 Å². The Kier molecular flexibility index (Phi) is 6.64. The summed E-state index contributed by atoms with van der Waals surface area (Å²) in [4.78, 5) is 27.6. The predicted molar refractivity (Wildman–Crippen MR) is 127 cm³/mol. The number of carbonyl (C=O) groups is 2. The van der Waals surface area contributed by atoms with Gasteiger partial charge in [0.25, 0.3) is 0 Å². The number of alkyl halides is 1. The lowest BCUT2D eigenvalue weighted by Gasteiger charge is -2.42. The van der Waals surface area contributed by atoms with Crippen LogP contribution in [0.3, 0.4) is 0 Å². The topological polar surface area (TPSA) is 94.1 Å². The highest BCUT2D eigenvalue weighted by atomic mass is 35.5. The van der Waals surface area contributed by atoms with Crippen molar-refractivity contribution in [1.29, 1.82) is 0 Å². The zero-order valence-electron chi connectivity index (χ0n) is 20.5. The van der Waals surface area contributed by atoms with Crippen molar-refractivity contribution in [2.75, 3.05) is 20.8 Å². The van der Waals surface area contributed by atoms with Gasteiger partial charge in [0.15, 0.2) is 17.2 Å². The second-order valence-corrected chi connectivity index (χ2v) is 11.6. The molecule has 0 amide bonds. The van der Waals surface area contributed by atoms with E-state index in [0.29, 0.717) is 30.7 Å². The molecular formula is C26H38ClNO6. The third-order valence-corrected chi connectivity index (χ3v) is 9.92. The third kappa shape index (κ3) is 3.61. The summed E-state index contributed by atoms with van der Waals surface area (Å²) < 4.78 is 18.0. The number of carbonyl (C=O) groups excluding carboxylic acids is 2. The van der Waals surface area contributed by atoms with Crippen LogP contribution in [0.5, 0.6) is 0 Å². The van der Waals surface area contributed by atoms with E-state index in [1.807, 2.05) is 6.92 Å². The first-order chi connectivity index (χ1) is 16.3. The summed E-state index contributed by atoms with van der Waals surface area (Å²) in [6.07, 6.45) is 5.73. The molecule has 34 heavy (non-hydrogen) atoms. The molecule has 0 bridgehead atoms. The van der Waals surface area contributed by atoms with E-state index in [0.717, 1.165) is 25.7 Å². The van der Waals surface area contributed by atoms with Gasteiger partial charge in [-0.25, -0.2) is 0 Å². The number of nitrogens with one attached hydrogen (secondary N) is 1. The summed E-state index contributed by atoms with van der Waals surface area (Å²) in [5.41, 5.74) is -1.11. The molecule has 0 aromatic rings. The van der Waals surface area contributed by atoms with Crippen LogP contribution >= 0.6 is 11.6 Å². The van der Waals surface area contributed by atoms with Gasteiger partial charge in [-0.15, -0.1) is 11.6 Å². The molecule has 1 spiro atoms. The van der Waals surface area contributed by atoms with Crippen molar-refractivity contribution in [2.24, 2.45) is 17.8 Å². The first kappa shape index (κ1) is 24.7. The van der Waals surface area contributed by atoms with Crippen LogP contribution in [0.4, 0.5) is 0 Å². The number of aliphatic hydroxyl groups is 1. The van der Waals surface area contributed by atoms with Gasteiger partial charge in [0.1, 0.15) is 0 Å². The molecule has 3 fully saturated rings. The maximum absolute atomic E-state index is 14.2. The number of rotatable bonds is 3. The predicted octanol–water partition coefficient (Wildman–Crippen LogP) is 2.91. The van der Waals surface area contributed by atoms with E-state index in [9.17, 15) is 14.7 Å². The first-order valence-electron chi connectivity index (χ1n) is 12.9. The Morgan fingerprint density at radius 1 is 1.12 bits per heavy atom. The number of halogens is 1. The smallest absolute Gasteiger partial charge is 0.179 e. The van der Waals surface area contributed by atoms with Crippen molar-refractivity contribution in [3.05, 3.63) is 11.3 Å². The van der Waals surface area contributed by atoms with Gasteiger partial charge in [-0.2, -0.15) is 0 Å². The fourth-order valence-electron chi connectivity index (χ4n) is 7.48. The Labute approximate surface area is 206 Å². The molecular weight excluding hydrogens is 458 g/mol. The summed E-state index contributed by atoms with van der Waals surface area (Å²) in [5, 5.41) is 14.7. The summed E-state index contributed by atoms with van der Waals surface area (Å²) in [7, 11) is 3.22. The van der Waals surface area contributed by atoms with E-state index in [1.54, 1.807) is 14.2 Å². The highest BCUT2D eigenvalue weighted by Crippen LogP contribution is 2.53. The summed E-state index contributed by atoms with van der Waals surface area (Å²) in [6, 6.07) is 0. The summed E-state index contributed by atoms with van der Waals surface area (Å²) in [5.74, 6) is -0.748. The minimum atomic E-state index is -1.27. The Bertz CT molecular complexity index is 871. The van der Waals surface area contributed by atoms with Crippen LogP contribution in [-0.2, 0) is 23.8 Å². The van der Waals surface area contributed by atoms with Crippen molar-refractivity contribution < 1.29 is 28.9 Å².